The molecule has 134 valence electrons. The van der Waals surface area contributed by atoms with Crippen molar-refractivity contribution >= 4 is 23.2 Å². The molecule has 1 fully saturated rings. The van der Waals surface area contributed by atoms with Gasteiger partial charge < -0.3 is 10.0 Å². The average Bonchev–Trinajstić information content (AvgIpc) is 3.02. The van der Waals surface area contributed by atoms with Gasteiger partial charge in [0.05, 0.1) is 11.8 Å². The van der Waals surface area contributed by atoms with Crippen molar-refractivity contribution in [3.63, 3.8) is 0 Å². The van der Waals surface area contributed by atoms with E-state index in [1.165, 1.54) is 9.75 Å². The van der Waals surface area contributed by atoms with E-state index in [0.29, 0.717) is 12.8 Å². The zero-order chi connectivity index (χ0) is 18.1. The van der Waals surface area contributed by atoms with Gasteiger partial charge >= 0.3 is 12.1 Å². The largest absolute Gasteiger partial charge is 0.481 e. The summed E-state index contributed by atoms with van der Waals surface area (Å²) >= 11 is 1.67. The van der Waals surface area contributed by atoms with Crippen molar-refractivity contribution < 1.29 is 27.9 Å². The standard InChI is InChI=1S/C16H20F3NO3S/c1-9-6-11(10(2)24-9)4-3-5-14(21)20-7-12(15(22)23)13(8-20)16(17,18)19/h6,12-13H,3-5,7-8H2,1-2H3,(H,22,23)/t12-,13-/m1/s1. The fourth-order valence-electron chi connectivity index (χ4n) is 3.11. The van der Waals surface area contributed by atoms with Crippen LogP contribution >= 0.6 is 11.3 Å². The summed E-state index contributed by atoms with van der Waals surface area (Å²) in [5.41, 5.74) is 1.16. The van der Waals surface area contributed by atoms with Gasteiger partial charge in [-0.25, -0.2) is 0 Å². The lowest BCUT2D eigenvalue weighted by Crippen LogP contribution is -2.34. The van der Waals surface area contributed by atoms with Crippen LogP contribution in [0, 0.1) is 25.7 Å². The second-order valence-corrected chi connectivity index (χ2v) is 7.64. The number of aliphatic carboxylic acids is 1. The zero-order valence-electron chi connectivity index (χ0n) is 13.5. The van der Waals surface area contributed by atoms with E-state index in [0.717, 1.165) is 10.5 Å². The molecule has 4 nitrogen and oxygen atoms in total. The number of nitrogens with zero attached hydrogens (tertiary/aromatic N) is 1. The minimum atomic E-state index is -4.61. The molecule has 0 unspecified atom stereocenters. The van der Waals surface area contributed by atoms with Gasteiger partial charge in [0.15, 0.2) is 0 Å². The zero-order valence-corrected chi connectivity index (χ0v) is 14.3. The van der Waals surface area contributed by atoms with Crippen LogP contribution in [0.2, 0.25) is 0 Å². The molecule has 0 radical (unpaired) electrons. The molecule has 1 N–H and O–H groups in total. The van der Waals surface area contributed by atoms with Gasteiger partial charge in [-0.15, -0.1) is 11.3 Å². The first kappa shape index (κ1) is 18.8. The molecule has 1 aromatic rings. The quantitative estimate of drug-likeness (QED) is 0.872. The summed E-state index contributed by atoms with van der Waals surface area (Å²) in [6.45, 7) is 3.07. The summed E-state index contributed by atoms with van der Waals surface area (Å²) in [5.74, 6) is -5.47. The number of carbonyl (C=O) groups is 2. The lowest BCUT2D eigenvalue weighted by atomic mass is 9.96. The molecule has 2 rings (SSSR count). The minimum Gasteiger partial charge on any atom is -0.481 e. The van der Waals surface area contributed by atoms with Crippen LogP contribution in [0.4, 0.5) is 13.2 Å². The lowest BCUT2D eigenvalue weighted by Gasteiger charge is -2.18. The van der Waals surface area contributed by atoms with Crippen molar-refractivity contribution in [1.29, 1.82) is 0 Å². The van der Waals surface area contributed by atoms with Gasteiger partial charge in [-0.3, -0.25) is 9.59 Å². The summed E-state index contributed by atoms with van der Waals surface area (Å²) in [4.78, 5) is 26.6. The van der Waals surface area contributed by atoms with Crippen LogP contribution in [-0.2, 0) is 16.0 Å². The Hall–Kier alpha value is -1.57. The average molecular weight is 363 g/mol. The number of rotatable bonds is 5. The highest BCUT2D eigenvalue weighted by atomic mass is 32.1. The minimum absolute atomic E-state index is 0.130. The van der Waals surface area contributed by atoms with Gasteiger partial charge in [0.1, 0.15) is 0 Å². The molecule has 24 heavy (non-hydrogen) atoms. The van der Waals surface area contributed by atoms with Gasteiger partial charge in [-0.1, -0.05) is 0 Å². The van der Waals surface area contributed by atoms with E-state index in [9.17, 15) is 22.8 Å². The maximum atomic E-state index is 12.9. The molecular formula is C16H20F3NO3S. The second kappa shape index (κ2) is 7.13. The Labute approximate surface area is 142 Å². The summed E-state index contributed by atoms with van der Waals surface area (Å²) in [6.07, 6.45) is -3.24. The molecule has 1 aliphatic rings. The summed E-state index contributed by atoms with van der Waals surface area (Å²) < 4.78 is 38.8. The van der Waals surface area contributed by atoms with Gasteiger partial charge in [0.25, 0.3) is 0 Å². The third-order valence-electron chi connectivity index (χ3n) is 4.39. The highest BCUT2D eigenvalue weighted by Gasteiger charge is 2.53. The molecule has 0 spiro atoms. The van der Waals surface area contributed by atoms with E-state index in [1.54, 1.807) is 11.3 Å². The molecule has 2 heterocycles. The number of thiophene rings is 1. The van der Waals surface area contributed by atoms with Crippen molar-refractivity contribution in [1.82, 2.24) is 4.90 Å². The number of carboxylic acid groups (broad SMARTS) is 1. The topological polar surface area (TPSA) is 57.6 Å². The SMILES string of the molecule is Cc1cc(CCCC(=O)N2C[C@@H](C(F)(F)F)[C@H](C(=O)O)C2)c(C)s1. The monoisotopic (exact) mass is 363 g/mol. The van der Waals surface area contributed by atoms with Crippen LogP contribution in [0.1, 0.15) is 28.2 Å². The maximum Gasteiger partial charge on any atom is 0.394 e. The van der Waals surface area contributed by atoms with E-state index in [2.05, 4.69) is 6.07 Å². The normalized spacial score (nSPS) is 21.3. The van der Waals surface area contributed by atoms with E-state index in [4.69, 9.17) is 5.11 Å². The molecule has 0 bridgehead atoms. The molecule has 1 amide bonds. The molecule has 0 saturated carbocycles. The smallest absolute Gasteiger partial charge is 0.394 e. The first-order chi connectivity index (χ1) is 11.1. The van der Waals surface area contributed by atoms with Crippen molar-refractivity contribution in [2.24, 2.45) is 11.8 Å². The van der Waals surface area contributed by atoms with Gasteiger partial charge in [0, 0.05) is 29.3 Å². The molecule has 1 aliphatic heterocycles. The summed E-state index contributed by atoms with van der Waals surface area (Å²) in [7, 11) is 0. The Kier molecular flexibility index (Phi) is 5.57. The Morgan fingerprint density at radius 2 is 2.00 bits per heavy atom. The number of hydrogen-bond donors (Lipinski definition) is 1. The second-order valence-electron chi connectivity index (χ2n) is 6.18. The van der Waals surface area contributed by atoms with Gasteiger partial charge in [0.2, 0.25) is 5.91 Å². The number of alkyl halides is 3. The number of hydrogen-bond acceptors (Lipinski definition) is 3. The van der Waals surface area contributed by atoms with E-state index in [-0.39, 0.29) is 13.0 Å². The fraction of sp³-hybridized carbons (Fsp3) is 0.625. The number of carboxylic acids is 1. The van der Waals surface area contributed by atoms with Crippen LogP contribution in [0.3, 0.4) is 0 Å². The van der Waals surface area contributed by atoms with E-state index >= 15 is 0 Å². The predicted octanol–water partition coefficient (Wildman–Crippen LogP) is 3.41. The van der Waals surface area contributed by atoms with Crippen LogP contribution < -0.4 is 0 Å². The number of aryl methyl sites for hydroxylation is 3. The summed E-state index contributed by atoms with van der Waals surface area (Å²) in [6, 6.07) is 2.06. The van der Waals surface area contributed by atoms with Crippen molar-refractivity contribution in [3.05, 3.63) is 21.4 Å². The first-order valence-electron chi connectivity index (χ1n) is 7.72. The predicted molar refractivity (Wildman–Crippen MR) is 84.0 cm³/mol. The third kappa shape index (κ3) is 4.28. The Morgan fingerprint density at radius 1 is 1.33 bits per heavy atom. The van der Waals surface area contributed by atoms with Crippen LogP contribution in [0.5, 0.6) is 0 Å². The third-order valence-corrected chi connectivity index (χ3v) is 5.40. The number of amides is 1. The van der Waals surface area contributed by atoms with Crippen LogP contribution in [0.25, 0.3) is 0 Å². The number of carbonyl (C=O) groups excluding carboxylic acids is 1. The Morgan fingerprint density at radius 3 is 2.46 bits per heavy atom. The fourth-order valence-corrected chi connectivity index (χ4v) is 4.09. The first-order valence-corrected chi connectivity index (χ1v) is 8.54. The Bertz CT molecular complexity index is 627. The molecule has 1 aromatic heterocycles. The maximum absolute atomic E-state index is 12.9. The molecule has 0 aliphatic carbocycles. The lowest BCUT2D eigenvalue weighted by molar-refractivity contribution is -0.188. The van der Waals surface area contributed by atoms with Crippen molar-refractivity contribution in [2.45, 2.75) is 39.3 Å². The van der Waals surface area contributed by atoms with E-state index in [1.807, 2.05) is 13.8 Å². The summed E-state index contributed by atoms with van der Waals surface area (Å²) in [5, 5.41) is 8.97. The highest BCUT2D eigenvalue weighted by Crippen LogP contribution is 2.38. The molecule has 0 aromatic carbocycles. The molecule has 1 saturated heterocycles. The number of likely N-dealkylation sites (tertiary alicyclic amines) is 1. The van der Waals surface area contributed by atoms with Gasteiger partial charge in [-0.05, 0) is 38.3 Å². The van der Waals surface area contributed by atoms with Crippen LogP contribution in [-0.4, -0.2) is 41.1 Å². The molecule has 2 atom stereocenters. The molecular weight excluding hydrogens is 343 g/mol. The Balaban J connectivity index is 1.91. The molecule has 8 heteroatoms. The van der Waals surface area contributed by atoms with E-state index < -0.39 is 36.4 Å². The highest BCUT2D eigenvalue weighted by molar-refractivity contribution is 7.12. The van der Waals surface area contributed by atoms with Crippen molar-refractivity contribution in [3.8, 4) is 0 Å². The van der Waals surface area contributed by atoms with Crippen LogP contribution in [0.15, 0.2) is 6.07 Å². The van der Waals surface area contributed by atoms with Gasteiger partial charge in [-0.2, -0.15) is 13.2 Å². The number of halogens is 3. The van der Waals surface area contributed by atoms with Crippen molar-refractivity contribution in [2.75, 3.05) is 13.1 Å².